The van der Waals surface area contributed by atoms with Crippen molar-refractivity contribution in [2.24, 2.45) is 0 Å². The van der Waals surface area contributed by atoms with Crippen LogP contribution in [0.15, 0.2) is 48.5 Å². The number of nitrogens with zero attached hydrogens (tertiary/aromatic N) is 4. The first-order valence-electron chi connectivity index (χ1n) is 13.7. The van der Waals surface area contributed by atoms with Crippen molar-refractivity contribution < 1.29 is 4.74 Å². The monoisotopic (exact) mass is 488 g/mol. The molecule has 0 atom stereocenters. The minimum atomic E-state index is 0.522. The van der Waals surface area contributed by atoms with Crippen LogP contribution >= 0.6 is 0 Å². The number of aromatic nitrogens is 2. The summed E-state index contributed by atoms with van der Waals surface area (Å²) in [6, 6.07) is 17.2. The van der Waals surface area contributed by atoms with E-state index in [9.17, 15) is 0 Å². The van der Waals surface area contributed by atoms with Gasteiger partial charge in [0.15, 0.2) is 0 Å². The van der Waals surface area contributed by atoms with Gasteiger partial charge in [-0.05, 0) is 56.5 Å². The number of hydrogen-bond acceptors (Lipinski definition) is 7. The highest BCUT2D eigenvalue weighted by molar-refractivity contribution is 5.90. The molecule has 1 saturated carbocycles. The van der Waals surface area contributed by atoms with E-state index < -0.39 is 0 Å². The van der Waals surface area contributed by atoms with Crippen LogP contribution in [0.25, 0.3) is 10.9 Å². The predicted octanol–water partition coefficient (Wildman–Crippen LogP) is 5.40. The van der Waals surface area contributed by atoms with Gasteiger partial charge in [0.05, 0.1) is 18.3 Å². The molecule has 1 aromatic heterocycles. The second-order valence-corrected chi connectivity index (χ2v) is 10.0. The van der Waals surface area contributed by atoms with E-state index in [-0.39, 0.29) is 0 Å². The van der Waals surface area contributed by atoms with Gasteiger partial charge in [-0.25, -0.2) is 4.98 Å². The molecule has 7 heteroatoms. The fourth-order valence-corrected chi connectivity index (χ4v) is 5.47. The SMILES string of the molecule is COc1ccccc1N1CCN(CCCCNc2nc(NC3CCCCC3)c3ccccc3n2)CC1. The molecule has 3 aromatic rings. The molecule has 0 radical (unpaired) electrons. The Morgan fingerprint density at radius 3 is 2.50 bits per heavy atom. The summed E-state index contributed by atoms with van der Waals surface area (Å²) in [4.78, 5) is 14.7. The number of unbranched alkanes of at least 4 members (excludes halogenated alkanes) is 1. The summed E-state index contributed by atoms with van der Waals surface area (Å²) in [6.45, 7) is 6.29. The van der Waals surface area contributed by atoms with Crippen molar-refractivity contribution in [1.82, 2.24) is 14.9 Å². The minimum absolute atomic E-state index is 0.522. The van der Waals surface area contributed by atoms with Gasteiger partial charge in [-0.3, -0.25) is 4.90 Å². The molecule has 2 aliphatic rings. The molecule has 36 heavy (non-hydrogen) atoms. The molecule has 2 N–H and O–H groups in total. The van der Waals surface area contributed by atoms with Crippen LogP contribution in [0.4, 0.5) is 17.5 Å². The van der Waals surface area contributed by atoms with Crippen LogP contribution < -0.4 is 20.3 Å². The zero-order valence-electron chi connectivity index (χ0n) is 21.6. The molecule has 0 spiro atoms. The average molecular weight is 489 g/mol. The Balaban J connectivity index is 1.08. The lowest BCUT2D eigenvalue weighted by Gasteiger charge is -2.36. The van der Waals surface area contributed by atoms with Crippen LogP contribution in [-0.2, 0) is 0 Å². The zero-order chi connectivity index (χ0) is 24.6. The number of ether oxygens (including phenoxy) is 1. The van der Waals surface area contributed by atoms with E-state index in [1.54, 1.807) is 7.11 Å². The summed E-state index contributed by atoms with van der Waals surface area (Å²) in [5.41, 5.74) is 2.21. The summed E-state index contributed by atoms with van der Waals surface area (Å²) >= 11 is 0. The molecular weight excluding hydrogens is 448 g/mol. The Morgan fingerprint density at radius 1 is 0.889 bits per heavy atom. The van der Waals surface area contributed by atoms with Gasteiger partial charge in [-0.15, -0.1) is 0 Å². The zero-order valence-corrected chi connectivity index (χ0v) is 21.6. The van der Waals surface area contributed by atoms with E-state index in [1.165, 1.54) is 44.2 Å². The van der Waals surface area contributed by atoms with Crippen LogP contribution in [0.5, 0.6) is 5.75 Å². The Bertz CT molecular complexity index is 1110. The Labute approximate surface area is 215 Å². The first-order chi connectivity index (χ1) is 17.8. The predicted molar refractivity (Wildman–Crippen MR) is 149 cm³/mol. The summed E-state index contributed by atoms with van der Waals surface area (Å²) in [7, 11) is 1.75. The number of para-hydroxylation sites is 3. The van der Waals surface area contributed by atoms with Crippen molar-refractivity contribution >= 4 is 28.4 Å². The number of hydrogen-bond donors (Lipinski definition) is 2. The maximum atomic E-state index is 5.55. The topological polar surface area (TPSA) is 65.6 Å². The van der Waals surface area contributed by atoms with Gasteiger partial charge in [0.25, 0.3) is 0 Å². The van der Waals surface area contributed by atoms with E-state index in [0.29, 0.717) is 6.04 Å². The van der Waals surface area contributed by atoms with Gasteiger partial charge in [-0.2, -0.15) is 4.98 Å². The molecule has 2 heterocycles. The molecule has 0 unspecified atom stereocenters. The van der Waals surface area contributed by atoms with Crippen LogP contribution in [-0.4, -0.2) is 67.3 Å². The standard InChI is InChI=1S/C29H40N6O/c1-36-27-16-8-7-15-26(27)35-21-19-34(20-22-35)18-10-9-17-30-29-32-25-14-6-5-13-24(25)28(33-29)31-23-11-3-2-4-12-23/h5-8,13-16,23H,2-4,9-12,17-22H2,1H3,(H2,30,31,32,33). The minimum Gasteiger partial charge on any atom is -0.495 e. The van der Waals surface area contributed by atoms with Crippen molar-refractivity contribution in [3.05, 3.63) is 48.5 Å². The molecule has 2 fully saturated rings. The van der Waals surface area contributed by atoms with E-state index in [4.69, 9.17) is 14.7 Å². The molecule has 7 nitrogen and oxygen atoms in total. The maximum absolute atomic E-state index is 5.55. The van der Waals surface area contributed by atoms with Crippen molar-refractivity contribution in [3.63, 3.8) is 0 Å². The molecule has 1 saturated heterocycles. The lowest BCUT2D eigenvalue weighted by Crippen LogP contribution is -2.46. The Kier molecular flexibility index (Phi) is 8.39. The first kappa shape index (κ1) is 24.6. The Morgan fingerprint density at radius 2 is 1.67 bits per heavy atom. The van der Waals surface area contributed by atoms with Crippen LogP contribution in [0.2, 0.25) is 0 Å². The van der Waals surface area contributed by atoms with Crippen LogP contribution in [0.3, 0.4) is 0 Å². The van der Waals surface area contributed by atoms with Crippen molar-refractivity contribution in [3.8, 4) is 5.75 Å². The lowest BCUT2D eigenvalue weighted by molar-refractivity contribution is 0.253. The number of benzene rings is 2. The van der Waals surface area contributed by atoms with Crippen molar-refractivity contribution in [2.45, 2.75) is 51.0 Å². The van der Waals surface area contributed by atoms with Crippen LogP contribution in [0, 0.1) is 0 Å². The lowest BCUT2D eigenvalue weighted by atomic mass is 9.95. The third-order valence-corrected chi connectivity index (χ3v) is 7.53. The highest BCUT2D eigenvalue weighted by Gasteiger charge is 2.19. The van der Waals surface area contributed by atoms with E-state index in [0.717, 1.165) is 74.1 Å². The molecular formula is C29H40N6O. The third-order valence-electron chi connectivity index (χ3n) is 7.53. The smallest absolute Gasteiger partial charge is 0.225 e. The fourth-order valence-electron chi connectivity index (χ4n) is 5.47. The number of rotatable bonds is 10. The molecule has 1 aliphatic carbocycles. The van der Waals surface area contributed by atoms with Gasteiger partial charge >= 0.3 is 0 Å². The number of methoxy groups -OCH3 is 1. The summed E-state index contributed by atoms with van der Waals surface area (Å²) in [5, 5.41) is 8.32. The van der Waals surface area contributed by atoms with Crippen molar-refractivity contribution in [2.75, 3.05) is 61.9 Å². The fraction of sp³-hybridized carbons (Fsp3) is 0.517. The number of anilines is 3. The maximum Gasteiger partial charge on any atom is 0.225 e. The molecule has 1 aliphatic heterocycles. The van der Waals surface area contributed by atoms with E-state index >= 15 is 0 Å². The van der Waals surface area contributed by atoms with Gasteiger partial charge in [0, 0.05) is 44.2 Å². The quantitative estimate of drug-likeness (QED) is 0.371. The highest BCUT2D eigenvalue weighted by atomic mass is 16.5. The van der Waals surface area contributed by atoms with E-state index in [1.807, 2.05) is 12.1 Å². The number of nitrogens with one attached hydrogen (secondary N) is 2. The molecule has 2 aromatic carbocycles. The summed E-state index contributed by atoms with van der Waals surface area (Å²) < 4.78 is 5.55. The number of piperazine rings is 1. The van der Waals surface area contributed by atoms with Crippen LogP contribution in [0.1, 0.15) is 44.9 Å². The van der Waals surface area contributed by atoms with Gasteiger partial charge < -0.3 is 20.3 Å². The third kappa shape index (κ3) is 6.19. The Hall–Kier alpha value is -3.06. The average Bonchev–Trinajstić information content (AvgIpc) is 2.94. The highest BCUT2D eigenvalue weighted by Crippen LogP contribution is 2.29. The molecule has 5 rings (SSSR count). The summed E-state index contributed by atoms with van der Waals surface area (Å²) in [6.07, 6.45) is 8.70. The largest absolute Gasteiger partial charge is 0.495 e. The summed E-state index contributed by atoms with van der Waals surface area (Å²) in [5.74, 6) is 2.67. The van der Waals surface area contributed by atoms with E-state index in [2.05, 4.69) is 56.8 Å². The molecule has 0 amide bonds. The molecule has 192 valence electrons. The number of fused-ring (bicyclic) bond motifs is 1. The first-order valence-corrected chi connectivity index (χ1v) is 13.7. The second kappa shape index (κ2) is 12.3. The van der Waals surface area contributed by atoms with Gasteiger partial charge in [0.1, 0.15) is 11.6 Å². The molecule has 0 bridgehead atoms. The van der Waals surface area contributed by atoms with Gasteiger partial charge in [0.2, 0.25) is 5.95 Å². The van der Waals surface area contributed by atoms with Crippen molar-refractivity contribution in [1.29, 1.82) is 0 Å². The second-order valence-electron chi connectivity index (χ2n) is 10.0. The normalized spacial score (nSPS) is 17.3. The van der Waals surface area contributed by atoms with Gasteiger partial charge in [-0.1, -0.05) is 43.5 Å².